The quantitative estimate of drug-likeness (QED) is 0.235. The molecule has 0 bridgehead atoms. The maximum atomic E-state index is 11.6. The first-order valence-corrected chi connectivity index (χ1v) is 10.6. The molecule has 0 amide bonds. The minimum Gasteiger partial charge on any atom is -0.488 e. The number of hydrogen-bond donors (Lipinski definition) is 1. The van der Waals surface area contributed by atoms with Gasteiger partial charge in [0.15, 0.2) is 5.82 Å². The van der Waals surface area contributed by atoms with Crippen LogP contribution in [0.15, 0.2) is 77.9 Å². The number of nitrogens with one attached hydrogen (secondary N) is 1. The largest absolute Gasteiger partial charge is 0.488 e. The highest BCUT2D eigenvalue weighted by Gasteiger charge is 2.11. The molecule has 1 N–H and O–H groups in total. The Balaban J connectivity index is 1.55. The monoisotopic (exact) mass is 458 g/mol. The van der Waals surface area contributed by atoms with E-state index in [1.807, 2.05) is 67.6 Å². The number of aromatic nitrogens is 3. The van der Waals surface area contributed by atoms with Crippen molar-refractivity contribution in [3.05, 3.63) is 99.8 Å². The van der Waals surface area contributed by atoms with Gasteiger partial charge < -0.3 is 9.47 Å². The highest BCUT2D eigenvalue weighted by molar-refractivity contribution is 7.71. The predicted molar refractivity (Wildman–Crippen MR) is 129 cm³/mol. The number of esters is 1. The summed E-state index contributed by atoms with van der Waals surface area (Å²) in [5.41, 5.74) is 4.23. The third-order valence-electron chi connectivity index (χ3n) is 5.04. The van der Waals surface area contributed by atoms with Crippen molar-refractivity contribution in [2.75, 3.05) is 7.11 Å². The zero-order valence-corrected chi connectivity index (χ0v) is 19.0. The summed E-state index contributed by atoms with van der Waals surface area (Å²) in [4.78, 5) is 11.6. The van der Waals surface area contributed by atoms with E-state index in [-0.39, 0.29) is 5.97 Å². The first kappa shape index (κ1) is 22.2. The molecule has 4 rings (SSSR count). The van der Waals surface area contributed by atoms with Crippen LogP contribution in [0, 0.1) is 11.7 Å². The Morgan fingerprint density at radius 2 is 1.82 bits per heavy atom. The van der Waals surface area contributed by atoms with Crippen LogP contribution in [0.2, 0.25) is 0 Å². The molecular formula is C25H22N4O3S. The average molecular weight is 459 g/mol. The summed E-state index contributed by atoms with van der Waals surface area (Å²) in [5, 5.41) is 11.7. The van der Waals surface area contributed by atoms with Gasteiger partial charge in [0.05, 0.1) is 18.9 Å². The molecular weight excluding hydrogens is 436 g/mol. The van der Waals surface area contributed by atoms with Gasteiger partial charge in [-0.05, 0) is 54.5 Å². The van der Waals surface area contributed by atoms with Crippen molar-refractivity contribution < 1.29 is 14.3 Å². The Labute approximate surface area is 196 Å². The summed E-state index contributed by atoms with van der Waals surface area (Å²) in [6, 6.07) is 22.6. The van der Waals surface area contributed by atoms with Crippen LogP contribution < -0.4 is 4.74 Å². The lowest BCUT2D eigenvalue weighted by atomic mass is 10.1. The van der Waals surface area contributed by atoms with E-state index in [9.17, 15) is 4.79 Å². The minimum absolute atomic E-state index is 0.339. The molecule has 166 valence electrons. The molecule has 4 aromatic rings. The molecule has 8 heteroatoms. The number of hydrogen-bond acceptors (Lipinski definition) is 6. The highest BCUT2D eigenvalue weighted by Crippen LogP contribution is 2.22. The van der Waals surface area contributed by atoms with Crippen molar-refractivity contribution >= 4 is 24.4 Å². The zero-order valence-electron chi connectivity index (χ0n) is 18.2. The number of aromatic amines is 1. The van der Waals surface area contributed by atoms with E-state index >= 15 is 0 Å². The van der Waals surface area contributed by atoms with Crippen LogP contribution >= 0.6 is 12.2 Å². The van der Waals surface area contributed by atoms with Gasteiger partial charge in [-0.25, -0.2) is 9.89 Å². The SMILES string of the molecule is COC(=O)c1ccc(COc2ccccc2/C=N/n2c(-c3ccccc3C)n[nH]c2=S)cc1. The molecule has 33 heavy (non-hydrogen) atoms. The van der Waals surface area contributed by atoms with Crippen LogP contribution in [0.3, 0.4) is 0 Å². The van der Waals surface area contributed by atoms with E-state index in [0.29, 0.717) is 28.5 Å². The Morgan fingerprint density at radius 1 is 1.09 bits per heavy atom. The van der Waals surface area contributed by atoms with Crippen LogP contribution in [-0.2, 0) is 11.3 Å². The summed E-state index contributed by atoms with van der Waals surface area (Å²) < 4.78 is 12.7. The van der Waals surface area contributed by atoms with Crippen molar-refractivity contribution in [2.24, 2.45) is 5.10 Å². The molecule has 3 aromatic carbocycles. The number of nitrogens with zero attached hydrogens (tertiary/aromatic N) is 3. The number of benzene rings is 3. The first-order valence-electron chi connectivity index (χ1n) is 10.2. The molecule has 0 spiro atoms. The zero-order chi connectivity index (χ0) is 23.2. The summed E-state index contributed by atoms with van der Waals surface area (Å²) in [7, 11) is 1.36. The molecule has 0 unspecified atom stereocenters. The second kappa shape index (κ2) is 10.1. The van der Waals surface area contributed by atoms with Gasteiger partial charge in [0.25, 0.3) is 0 Å². The van der Waals surface area contributed by atoms with Crippen molar-refractivity contribution in [3.8, 4) is 17.1 Å². The van der Waals surface area contributed by atoms with E-state index in [2.05, 4.69) is 15.3 Å². The Bertz CT molecular complexity index is 1360. The van der Waals surface area contributed by atoms with Gasteiger partial charge in [-0.15, -0.1) is 0 Å². The molecule has 0 atom stereocenters. The number of aryl methyl sites for hydroxylation is 1. The number of H-pyrrole nitrogens is 1. The molecule has 0 saturated heterocycles. The topological polar surface area (TPSA) is 81.5 Å². The summed E-state index contributed by atoms with van der Waals surface area (Å²) in [6.07, 6.45) is 1.70. The predicted octanol–water partition coefficient (Wildman–Crippen LogP) is 5.16. The number of carbonyl (C=O) groups is 1. The van der Waals surface area contributed by atoms with Gasteiger partial charge in [0.2, 0.25) is 4.77 Å². The van der Waals surface area contributed by atoms with Crippen LogP contribution in [0.25, 0.3) is 11.4 Å². The second-order valence-corrected chi connectivity index (χ2v) is 7.63. The van der Waals surface area contributed by atoms with Gasteiger partial charge in [-0.3, -0.25) is 0 Å². The van der Waals surface area contributed by atoms with Gasteiger partial charge in [-0.2, -0.15) is 14.9 Å². The maximum Gasteiger partial charge on any atom is 0.337 e. The van der Waals surface area contributed by atoms with Gasteiger partial charge in [-0.1, -0.05) is 48.5 Å². The summed E-state index contributed by atoms with van der Waals surface area (Å²) >= 11 is 5.38. The van der Waals surface area contributed by atoms with Crippen LogP contribution in [0.5, 0.6) is 5.75 Å². The third-order valence-corrected chi connectivity index (χ3v) is 5.30. The van der Waals surface area contributed by atoms with E-state index in [4.69, 9.17) is 21.7 Å². The molecule has 7 nitrogen and oxygen atoms in total. The molecule has 1 aromatic heterocycles. The Morgan fingerprint density at radius 3 is 2.58 bits per heavy atom. The molecule has 0 fully saturated rings. The Hall–Kier alpha value is -4.04. The highest BCUT2D eigenvalue weighted by atomic mass is 32.1. The van der Waals surface area contributed by atoms with Crippen molar-refractivity contribution in [1.82, 2.24) is 14.9 Å². The molecule has 0 saturated carbocycles. The van der Waals surface area contributed by atoms with E-state index < -0.39 is 0 Å². The van der Waals surface area contributed by atoms with Crippen LogP contribution in [0.4, 0.5) is 0 Å². The lowest BCUT2D eigenvalue weighted by Gasteiger charge is -2.10. The summed E-state index contributed by atoms with van der Waals surface area (Å²) in [5.74, 6) is 0.941. The molecule has 0 aliphatic heterocycles. The fraction of sp³-hybridized carbons (Fsp3) is 0.120. The number of para-hydroxylation sites is 1. The van der Waals surface area contributed by atoms with E-state index in [1.165, 1.54) is 7.11 Å². The van der Waals surface area contributed by atoms with E-state index in [1.54, 1.807) is 23.0 Å². The lowest BCUT2D eigenvalue weighted by molar-refractivity contribution is 0.0600. The number of methoxy groups -OCH3 is 1. The van der Waals surface area contributed by atoms with E-state index in [0.717, 1.165) is 22.3 Å². The normalized spacial score (nSPS) is 11.0. The van der Waals surface area contributed by atoms with Crippen molar-refractivity contribution in [2.45, 2.75) is 13.5 Å². The number of carbonyl (C=O) groups excluding carboxylic acids is 1. The Kier molecular flexibility index (Phi) is 6.75. The van der Waals surface area contributed by atoms with Gasteiger partial charge >= 0.3 is 5.97 Å². The van der Waals surface area contributed by atoms with Gasteiger partial charge in [0, 0.05) is 11.1 Å². The molecule has 0 aliphatic rings. The smallest absolute Gasteiger partial charge is 0.337 e. The fourth-order valence-corrected chi connectivity index (χ4v) is 3.43. The van der Waals surface area contributed by atoms with Crippen LogP contribution in [0.1, 0.15) is 27.0 Å². The standard InChI is InChI=1S/C25H22N4O3S/c1-17-7-3-5-9-21(17)23-27-28-25(33)29(23)26-15-20-8-4-6-10-22(20)32-16-18-11-13-19(14-12-18)24(30)31-2/h3-15H,16H2,1-2H3,(H,28,33)/b26-15+. The maximum absolute atomic E-state index is 11.6. The van der Waals surface area contributed by atoms with Crippen molar-refractivity contribution in [3.63, 3.8) is 0 Å². The lowest BCUT2D eigenvalue weighted by Crippen LogP contribution is -2.02. The molecule has 1 heterocycles. The molecule has 0 aliphatic carbocycles. The second-order valence-electron chi connectivity index (χ2n) is 7.24. The third kappa shape index (κ3) is 5.07. The minimum atomic E-state index is -0.369. The van der Waals surface area contributed by atoms with Crippen LogP contribution in [-0.4, -0.2) is 34.2 Å². The van der Waals surface area contributed by atoms with Gasteiger partial charge in [0.1, 0.15) is 12.4 Å². The average Bonchev–Trinajstić information content (AvgIpc) is 3.22. The first-order chi connectivity index (χ1) is 16.1. The fourth-order valence-electron chi connectivity index (χ4n) is 3.25. The number of rotatable bonds is 7. The molecule has 0 radical (unpaired) electrons. The summed E-state index contributed by atoms with van der Waals surface area (Å²) in [6.45, 7) is 2.36. The number of ether oxygens (including phenoxy) is 2. The van der Waals surface area contributed by atoms with Crippen molar-refractivity contribution in [1.29, 1.82) is 0 Å².